The summed E-state index contributed by atoms with van der Waals surface area (Å²) in [5.41, 5.74) is 5.25. The highest BCUT2D eigenvalue weighted by atomic mass is 31.2. The molecule has 0 aromatic heterocycles. The van der Waals surface area contributed by atoms with Gasteiger partial charge in [0.2, 0.25) is 0 Å². The number of esters is 2. The topological polar surface area (TPSA) is 172 Å². The van der Waals surface area contributed by atoms with Crippen LogP contribution in [-0.2, 0) is 37.5 Å². The van der Waals surface area contributed by atoms with Gasteiger partial charge in [0, 0.05) is 12.8 Å². The molecule has 0 saturated carbocycles. The molecular weight excluding hydrogens is 589 g/mol. The van der Waals surface area contributed by atoms with Crippen molar-refractivity contribution in [3.05, 3.63) is 0 Å². The van der Waals surface area contributed by atoms with Gasteiger partial charge in [-0.1, -0.05) is 129 Å². The van der Waals surface area contributed by atoms with Crippen LogP contribution in [0.4, 0.5) is 0 Å². The van der Waals surface area contributed by atoms with Crippen LogP contribution in [0.3, 0.4) is 0 Å². The monoisotopic (exact) mass is 651 g/mol. The van der Waals surface area contributed by atoms with Gasteiger partial charge >= 0.3 is 25.7 Å². The van der Waals surface area contributed by atoms with Crippen LogP contribution in [0.15, 0.2) is 0 Å². The van der Waals surface area contributed by atoms with Crippen molar-refractivity contribution in [3.63, 3.8) is 0 Å². The molecular formula is C32H62NO10P. The van der Waals surface area contributed by atoms with E-state index in [2.05, 4.69) is 11.4 Å². The van der Waals surface area contributed by atoms with E-state index in [1.165, 1.54) is 96.3 Å². The Bertz CT molecular complexity index is 782. The Morgan fingerprint density at radius 1 is 0.614 bits per heavy atom. The van der Waals surface area contributed by atoms with Crippen molar-refractivity contribution >= 4 is 25.7 Å². The zero-order valence-electron chi connectivity index (χ0n) is 27.5. The summed E-state index contributed by atoms with van der Waals surface area (Å²) in [6, 6.07) is -1.51. The summed E-state index contributed by atoms with van der Waals surface area (Å²) in [4.78, 5) is 44.6. The highest BCUT2D eigenvalue weighted by Gasteiger charge is 2.28. The zero-order chi connectivity index (χ0) is 32.9. The van der Waals surface area contributed by atoms with Gasteiger partial charge in [-0.3, -0.25) is 23.4 Å². The van der Waals surface area contributed by atoms with E-state index >= 15 is 0 Å². The lowest BCUT2D eigenvalue weighted by atomic mass is 10.0. The summed E-state index contributed by atoms with van der Waals surface area (Å²) in [6.45, 7) is 2.37. The number of phosphoric ester groups is 1. The van der Waals surface area contributed by atoms with Crippen molar-refractivity contribution in [1.82, 2.24) is 0 Å². The number of carbonyl (C=O) groups is 3. The van der Waals surface area contributed by atoms with Gasteiger partial charge in [-0.2, -0.15) is 0 Å². The molecule has 1 unspecified atom stereocenters. The lowest BCUT2D eigenvalue weighted by Crippen LogP contribution is -2.34. The summed E-state index contributed by atoms with van der Waals surface area (Å²) in [6.07, 6.45) is 23.9. The summed E-state index contributed by atoms with van der Waals surface area (Å²) in [7, 11) is -4.67. The van der Waals surface area contributed by atoms with Gasteiger partial charge < -0.3 is 25.2 Å². The third-order valence-corrected chi connectivity index (χ3v) is 8.28. The van der Waals surface area contributed by atoms with Gasteiger partial charge in [-0.25, -0.2) is 4.57 Å². The molecule has 0 aromatic rings. The molecule has 0 radical (unpaired) electrons. The van der Waals surface area contributed by atoms with E-state index in [4.69, 9.17) is 24.8 Å². The van der Waals surface area contributed by atoms with Gasteiger partial charge in [-0.05, 0) is 12.8 Å². The number of carbonyl (C=O) groups excluding carboxylic acids is 2. The van der Waals surface area contributed by atoms with Crippen LogP contribution >= 0.6 is 7.82 Å². The van der Waals surface area contributed by atoms with Crippen LogP contribution in [0.25, 0.3) is 0 Å². The molecule has 44 heavy (non-hydrogen) atoms. The number of hydrogen-bond acceptors (Lipinski definition) is 9. The van der Waals surface area contributed by atoms with Crippen molar-refractivity contribution < 1.29 is 47.5 Å². The first-order valence-corrected chi connectivity index (χ1v) is 18.6. The van der Waals surface area contributed by atoms with Crippen molar-refractivity contribution in [3.8, 4) is 0 Å². The minimum atomic E-state index is -4.67. The summed E-state index contributed by atoms with van der Waals surface area (Å²) in [5, 5.41) is 8.75. The molecule has 12 heteroatoms. The molecule has 0 fully saturated rings. The maximum atomic E-state index is 12.2. The van der Waals surface area contributed by atoms with Crippen molar-refractivity contribution in [2.75, 3.05) is 19.8 Å². The number of hydrogen-bond donors (Lipinski definition) is 3. The van der Waals surface area contributed by atoms with Crippen LogP contribution in [0.1, 0.15) is 155 Å². The number of phosphoric acid groups is 1. The highest BCUT2D eigenvalue weighted by molar-refractivity contribution is 7.47. The quantitative estimate of drug-likeness (QED) is 0.0371. The lowest BCUT2D eigenvalue weighted by molar-refractivity contribution is -0.161. The van der Waals surface area contributed by atoms with E-state index in [-0.39, 0.29) is 19.4 Å². The summed E-state index contributed by atoms with van der Waals surface area (Å²) >= 11 is 0. The van der Waals surface area contributed by atoms with Crippen LogP contribution in [0.5, 0.6) is 0 Å². The van der Waals surface area contributed by atoms with Gasteiger partial charge in [0.15, 0.2) is 6.10 Å². The van der Waals surface area contributed by atoms with Crippen molar-refractivity contribution in [2.45, 2.75) is 167 Å². The Balaban J connectivity index is 3.92. The molecule has 260 valence electrons. The maximum Gasteiger partial charge on any atom is 0.472 e. The molecule has 0 saturated heterocycles. The average Bonchev–Trinajstić information content (AvgIpc) is 2.98. The van der Waals surface area contributed by atoms with Crippen LogP contribution < -0.4 is 5.73 Å². The fraction of sp³-hybridized carbons (Fsp3) is 0.906. The second kappa shape index (κ2) is 28.9. The molecule has 0 aromatic carbocycles. The number of rotatable bonds is 32. The standard InChI is InChI=1S/C32H62NO10P/c1-3-5-6-7-8-9-10-11-12-13-14-15-16-17-18-19-20-21-22-24-30(34)40-25-28(43-31(35)23-4-2)26-41-44(38,39)42-27-29(33)32(36)37/h28-29H,3-27,33H2,1-2H3,(H,36,37)(H,38,39)/t28-,29+/m1/s1. The minimum Gasteiger partial charge on any atom is -0.480 e. The molecule has 4 N–H and O–H groups in total. The smallest absolute Gasteiger partial charge is 0.472 e. The summed E-state index contributed by atoms with van der Waals surface area (Å²) < 4.78 is 31.8. The second-order valence-corrected chi connectivity index (χ2v) is 13.1. The first-order valence-electron chi connectivity index (χ1n) is 17.1. The molecule has 0 rings (SSSR count). The van der Waals surface area contributed by atoms with E-state index in [9.17, 15) is 23.8 Å². The zero-order valence-corrected chi connectivity index (χ0v) is 28.4. The van der Waals surface area contributed by atoms with Gasteiger partial charge in [0.25, 0.3) is 0 Å². The molecule has 0 aliphatic rings. The Morgan fingerprint density at radius 2 is 1.05 bits per heavy atom. The number of aliphatic carboxylic acids is 1. The van der Waals surface area contributed by atoms with Crippen LogP contribution in [0, 0.1) is 0 Å². The Labute approximate surface area is 265 Å². The Hall–Kier alpha value is -1.52. The number of carboxylic acids is 1. The molecule has 0 spiro atoms. The fourth-order valence-corrected chi connectivity index (χ4v) is 5.41. The first kappa shape index (κ1) is 42.5. The van der Waals surface area contributed by atoms with Crippen LogP contribution in [0.2, 0.25) is 0 Å². The average molecular weight is 652 g/mol. The predicted molar refractivity (Wildman–Crippen MR) is 171 cm³/mol. The normalized spacial score (nSPS) is 14.1. The number of unbranched alkanes of at least 4 members (excludes halogenated alkanes) is 18. The molecule has 0 heterocycles. The molecule has 0 amide bonds. The third kappa shape index (κ3) is 28.0. The second-order valence-electron chi connectivity index (χ2n) is 11.7. The first-order chi connectivity index (χ1) is 21.1. The van der Waals surface area contributed by atoms with Gasteiger partial charge in [-0.15, -0.1) is 0 Å². The van der Waals surface area contributed by atoms with E-state index in [1.807, 2.05) is 0 Å². The third-order valence-electron chi connectivity index (χ3n) is 7.32. The summed E-state index contributed by atoms with van der Waals surface area (Å²) in [5.74, 6) is -2.43. The van der Waals surface area contributed by atoms with Crippen LogP contribution in [-0.4, -0.2) is 59.9 Å². The predicted octanol–water partition coefficient (Wildman–Crippen LogP) is 7.61. The number of carboxylic acid groups (broad SMARTS) is 1. The SMILES string of the molecule is CCCCCCCCCCCCCCCCCCCCCC(=O)OC[C@H](COP(=O)(O)OC[C@H](N)C(=O)O)OC(=O)CCC. The molecule has 0 bridgehead atoms. The van der Waals surface area contributed by atoms with E-state index in [0.717, 1.165) is 19.3 Å². The Morgan fingerprint density at radius 3 is 1.48 bits per heavy atom. The van der Waals surface area contributed by atoms with E-state index in [0.29, 0.717) is 12.8 Å². The van der Waals surface area contributed by atoms with E-state index in [1.54, 1.807) is 6.92 Å². The van der Waals surface area contributed by atoms with Gasteiger partial charge in [0.05, 0.1) is 13.2 Å². The number of ether oxygens (including phenoxy) is 2. The largest absolute Gasteiger partial charge is 0.480 e. The molecule has 0 aliphatic heterocycles. The van der Waals surface area contributed by atoms with E-state index < -0.39 is 51.1 Å². The fourth-order valence-electron chi connectivity index (χ4n) is 4.63. The van der Waals surface area contributed by atoms with Crippen molar-refractivity contribution in [2.24, 2.45) is 5.73 Å². The minimum absolute atomic E-state index is 0.116. The van der Waals surface area contributed by atoms with Gasteiger partial charge in [0.1, 0.15) is 12.6 Å². The number of nitrogens with two attached hydrogens (primary N) is 1. The molecule has 0 aliphatic carbocycles. The van der Waals surface area contributed by atoms with Crippen molar-refractivity contribution in [1.29, 1.82) is 0 Å². The lowest BCUT2D eigenvalue weighted by Gasteiger charge is -2.20. The maximum absolute atomic E-state index is 12.2. The Kier molecular flexibility index (Phi) is 27.9. The highest BCUT2D eigenvalue weighted by Crippen LogP contribution is 2.43. The molecule has 3 atom stereocenters. The molecule has 11 nitrogen and oxygen atoms in total.